The molecule has 19 heavy (non-hydrogen) atoms. The monoisotopic (exact) mass is 330 g/mol. The molecule has 5 heteroatoms. The average Bonchev–Trinajstić information content (AvgIpc) is 2.41. The molecule has 1 heterocycles. The van der Waals surface area contributed by atoms with Crippen LogP contribution in [0.3, 0.4) is 0 Å². The Morgan fingerprint density at radius 3 is 2.16 bits per heavy atom. The minimum absolute atomic E-state index is 0.708. The van der Waals surface area contributed by atoms with Gasteiger partial charge in [-0.3, -0.25) is 0 Å². The van der Waals surface area contributed by atoms with Gasteiger partial charge in [-0.05, 0) is 48.8 Å². The van der Waals surface area contributed by atoms with Crippen LogP contribution in [0, 0.1) is 6.92 Å². The molecule has 0 amide bonds. The van der Waals surface area contributed by atoms with E-state index in [-0.39, 0.29) is 0 Å². The molecule has 0 saturated carbocycles. The second kappa shape index (κ2) is 9.28. The molecule has 0 bridgehead atoms. The van der Waals surface area contributed by atoms with Gasteiger partial charge in [0, 0.05) is 30.8 Å². The number of nitrogens with zero attached hydrogens (tertiary/aromatic N) is 2. The number of aryl methyl sites for hydroxylation is 1. The van der Waals surface area contributed by atoms with Crippen LogP contribution in [0.25, 0.3) is 0 Å². The van der Waals surface area contributed by atoms with E-state index in [1.54, 1.807) is 0 Å². The number of anilines is 1. The maximum atomic E-state index is 5.43. The van der Waals surface area contributed by atoms with Gasteiger partial charge in [-0.15, -0.1) is 0 Å². The normalized spacial score (nSPS) is 10.7. The zero-order chi connectivity index (χ0) is 14.1. The lowest BCUT2D eigenvalue weighted by atomic mass is 10.3. The molecule has 0 saturated heterocycles. The van der Waals surface area contributed by atoms with Crippen molar-refractivity contribution in [2.24, 2.45) is 0 Å². The van der Waals surface area contributed by atoms with E-state index >= 15 is 0 Å². The van der Waals surface area contributed by atoms with Crippen molar-refractivity contribution in [1.29, 1.82) is 0 Å². The first-order valence-corrected chi connectivity index (χ1v) is 7.51. The molecule has 1 aromatic rings. The van der Waals surface area contributed by atoms with Gasteiger partial charge in [0.15, 0.2) is 0 Å². The summed E-state index contributed by atoms with van der Waals surface area (Å²) in [6, 6.07) is 4.06. The Hall–Kier alpha value is -0.650. The smallest absolute Gasteiger partial charge is 0.129 e. The van der Waals surface area contributed by atoms with Gasteiger partial charge in [-0.25, -0.2) is 4.98 Å². The van der Waals surface area contributed by atoms with Crippen LogP contribution in [0.1, 0.15) is 19.5 Å². The summed E-state index contributed by atoms with van der Waals surface area (Å²) in [5.74, 6) is 0.972. The van der Waals surface area contributed by atoms with E-state index in [1.165, 1.54) is 0 Å². The van der Waals surface area contributed by atoms with Gasteiger partial charge in [-0.1, -0.05) is 0 Å². The zero-order valence-corrected chi connectivity index (χ0v) is 13.6. The summed E-state index contributed by atoms with van der Waals surface area (Å²) >= 11 is 3.48. The molecule has 108 valence electrons. The molecule has 0 N–H and O–H groups in total. The standard InChI is InChI=1S/C14H23BrN2O2/c1-4-18-10-8-17(9-11-19-5-2)14-7-6-13(15)12(3)16-14/h6-7H,4-5,8-11H2,1-3H3. The fourth-order valence-electron chi connectivity index (χ4n) is 1.69. The van der Waals surface area contributed by atoms with Crippen molar-refractivity contribution >= 4 is 21.7 Å². The van der Waals surface area contributed by atoms with Gasteiger partial charge in [0.05, 0.1) is 18.9 Å². The van der Waals surface area contributed by atoms with Gasteiger partial charge in [-0.2, -0.15) is 0 Å². The van der Waals surface area contributed by atoms with Crippen LogP contribution in [-0.4, -0.2) is 44.5 Å². The predicted molar refractivity (Wildman–Crippen MR) is 81.9 cm³/mol. The molecule has 0 aliphatic carbocycles. The highest BCUT2D eigenvalue weighted by molar-refractivity contribution is 9.10. The first-order valence-electron chi connectivity index (χ1n) is 6.72. The third kappa shape index (κ3) is 5.89. The summed E-state index contributed by atoms with van der Waals surface area (Å²) in [6.07, 6.45) is 0. The van der Waals surface area contributed by atoms with Crippen LogP contribution in [0.2, 0.25) is 0 Å². The highest BCUT2D eigenvalue weighted by Crippen LogP contribution is 2.18. The summed E-state index contributed by atoms with van der Waals surface area (Å²) in [5, 5.41) is 0. The van der Waals surface area contributed by atoms with Crippen LogP contribution in [-0.2, 0) is 9.47 Å². The van der Waals surface area contributed by atoms with Crippen LogP contribution in [0.4, 0.5) is 5.82 Å². The molecule has 1 aromatic heterocycles. The Labute approximate surface area is 124 Å². The Kier molecular flexibility index (Phi) is 8.02. The Morgan fingerprint density at radius 1 is 1.11 bits per heavy atom. The molecule has 0 spiro atoms. The minimum atomic E-state index is 0.708. The first kappa shape index (κ1) is 16.4. The predicted octanol–water partition coefficient (Wildman–Crippen LogP) is 3.03. The molecule has 1 rings (SSSR count). The van der Waals surface area contributed by atoms with Crippen LogP contribution in [0.15, 0.2) is 16.6 Å². The minimum Gasteiger partial charge on any atom is -0.380 e. The summed E-state index contributed by atoms with van der Waals surface area (Å²) in [4.78, 5) is 6.80. The van der Waals surface area contributed by atoms with E-state index in [1.807, 2.05) is 32.9 Å². The Balaban J connectivity index is 2.66. The summed E-state index contributed by atoms with van der Waals surface area (Å²) in [6.45, 7) is 10.6. The number of pyridine rings is 1. The lowest BCUT2D eigenvalue weighted by Gasteiger charge is -2.24. The van der Waals surface area contributed by atoms with Crippen LogP contribution < -0.4 is 4.90 Å². The van der Waals surface area contributed by atoms with Crippen molar-refractivity contribution in [3.05, 3.63) is 22.3 Å². The summed E-state index contributed by atoms with van der Waals surface area (Å²) in [7, 11) is 0. The molecule has 0 aromatic carbocycles. The first-order chi connectivity index (χ1) is 9.19. The molecule has 0 radical (unpaired) electrons. The van der Waals surface area contributed by atoms with E-state index in [9.17, 15) is 0 Å². The van der Waals surface area contributed by atoms with Crippen molar-refractivity contribution in [1.82, 2.24) is 4.98 Å². The fourth-order valence-corrected chi connectivity index (χ4v) is 1.91. The van der Waals surface area contributed by atoms with Crippen molar-refractivity contribution in [2.75, 3.05) is 44.4 Å². The number of rotatable bonds is 9. The number of hydrogen-bond acceptors (Lipinski definition) is 4. The van der Waals surface area contributed by atoms with Gasteiger partial charge < -0.3 is 14.4 Å². The van der Waals surface area contributed by atoms with Gasteiger partial charge in [0.25, 0.3) is 0 Å². The number of halogens is 1. The summed E-state index contributed by atoms with van der Waals surface area (Å²) in [5.41, 5.74) is 0.996. The molecule has 0 unspecified atom stereocenters. The van der Waals surface area contributed by atoms with E-state index in [0.717, 1.165) is 42.3 Å². The largest absolute Gasteiger partial charge is 0.380 e. The second-order valence-corrected chi connectivity index (χ2v) is 4.97. The van der Waals surface area contributed by atoms with E-state index in [2.05, 4.69) is 25.8 Å². The van der Waals surface area contributed by atoms with E-state index in [0.29, 0.717) is 13.2 Å². The lowest BCUT2D eigenvalue weighted by molar-refractivity contribution is 0.141. The topological polar surface area (TPSA) is 34.6 Å². The third-order valence-electron chi connectivity index (χ3n) is 2.75. The maximum Gasteiger partial charge on any atom is 0.129 e. The van der Waals surface area contributed by atoms with Crippen LogP contribution in [0.5, 0.6) is 0 Å². The van der Waals surface area contributed by atoms with Crippen molar-refractivity contribution in [2.45, 2.75) is 20.8 Å². The fraction of sp³-hybridized carbons (Fsp3) is 0.643. The Bertz CT molecular complexity index is 364. The van der Waals surface area contributed by atoms with E-state index in [4.69, 9.17) is 9.47 Å². The van der Waals surface area contributed by atoms with Crippen LogP contribution >= 0.6 is 15.9 Å². The molecule has 0 aliphatic heterocycles. The number of ether oxygens (including phenoxy) is 2. The van der Waals surface area contributed by atoms with Gasteiger partial charge in [0.2, 0.25) is 0 Å². The van der Waals surface area contributed by atoms with Gasteiger partial charge >= 0.3 is 0 Å². The van der Waals surface area contributed by atoms with Crippen molar-refractivity contribution < 1.29 is 9.47 Å². The molecular weight excluding hydrogens is 308 g/mol. The van der Waals surface area contributed by atoms with E-state index < -0.39 is 0 Å². The van der Waals surface area contributed by atoms with Crippen molar-refractivity contribution in [3.63, 3.8) is 0 Å². The SMILES string of the molecule is CCOCCN(CCOCC)c1ccc(Br)c(C)n1. The summed E-state index contributed by atoms with van der Waals surface area (Å²) < 4.78 is 11.9. The molecule has 4 nitrogen and oxygen atoms in total. The zero-order valence-electron chi connectivity index (χ0n) is 12.0. The average molecular weight is 331 g/mol. The lowest BCUT2D eigenvalue weighted by Crippen LogP contribution is -2.32. The molecule has 0 fully saturated rings. The second-order valence-electron chi connectivity index (χ2n) is 4.12. The highest BCUT2D eigenvalue weighted by atomic mass is 79.9. The molecule has 0 atom stereocenters. The quantitative estimate of drug-likeness (QED) is 0.652. The Morgan fingerprint density at radius 2 is 1.68 bits per heavy atom. The molecular formula is C14H23BrN2O2. The van der Waals surface area contributed by atoms with Crippen molar-refractivity contribution in [3.8, 4) is 0 Å². The van der Waals surface area contributed by atoms with Gasteiger partial charge in [0.1, 0.15) is 5.82 Å². The molecule has 0 aliphatic rings. The third-order valence-corrected chi connectivity index (χ3v) is 3.59. The number of hydrogen-bond donors (Lipinski definition) is 0. The maximum absolute atomic E-state index is 5.43. The number of aromatic nitrogens is 1. The highest BCUT2D eigenvalue weighted by Gasteiger charge is 2.09.